The summed E-state index contributed by atoms with van der Waals surface area (Å²) in [5.74, 6) is -0.702. The Morgan fingerprint density at radius 1 is 1.28 bits per heavy atom. The van der Waals surface area contributed by atoms with Crippen molar-refractivity contribution in [3.63, 3.8) is 0 Å². The summed E-state index contributed by atoms with van der Waals surface area (Å²) in [4.78, 5) is 25.9. The summed E-state index contributed by atoms with van der Waals surface area (Å²) in [6.45, 7) is 0.813. The van der Waals surface area contributed by atoms with Gasteiger partial charge in [-0.25, -0.2) is 9.48 Å². The van der Waals surface area contributed by atoms with Gasteiger partial charge in [-0.1, -0.05) is 6.42 Å². The predicted octanol–water partition coefficient (Wildman–Crippen LogP) is 2.59. The molecule has 0 spiro atoms. The van der Waals surface area contributed by atoms with Crippen molar-refractivity contribution in [2.45, 2.75) is 19.3 Å². The molecule has 1 aromatic carbocycles. The quantitative estimate of drug-likeness (QED) is 0.899. The van der Waals surface area contributed by atoms with Gasteiger partial charge < -0.3 is 15.3 Å². The van der Waals surface area contributed by atoms with E-state index in [0.717, 1.165) is 18.5 Å². The first-order valence-corrected chi connectivity index (χ1v) is 8.48. The van der Waals surface area contributed by atoms with Crippen LogP contribution in [0.4, 0.5) is 10.5 Å². The number of aromatic nitrogens is 2. The Morgan fingerprint density at radius 2 is 2.08 bits per heavy atom. The summed E-state index contributed by atoms with van der Waals surface area (Å²) < 4.78 is 1.74. The lowest BCUT2D eigenvalue weighted by atomic mass is 9.81. The molecule has 1 saturated heterocycles. The van der Waals surface area contributed by atoms with Gasteiger partial charge in [0.05, 0.1) is 11.1 Å². The van der Waals surface area contributed by atoms with Crippen molar-refractivity contribution in [2.24, 2.45) is 11.3 Å². The molecule has 2 fully saturated rings. The number of carboxylic acids is 1. The zero-order chi connectivity index (χ0) is 17.4. The largest absolute Gasteiger partial charge is 0.481 e. The number of rotatable bonds is 3. The number of carboxylic acid groups (broad SMARTS) is 1. The van der Waals surface area contributed by atoms with Crippen molar-refractivity contribution in [1.82, 2.24) is 14.7 Å². The maximum absolute atomic E-state index is 12.5. The highest BCUT2D eigenvalue weighted by molar-refractivity contribution is 5.90. The molecule has 2 heterocycles. The number of carbonyl (C=O) groups is 2. The van der Waals surface area contributed by atoms with Gasteiger partial charge in [0.1, 0.15) is 0 Å². The first-order chi connectivity index (χ1) is 12.1. The summed E-state index contributed by atoms with van der Waals surface area (Å²) >= 11 is 0. The average Bonchev–Trinajstić information content (AvgIpc) is 3.31. The van der Waals surface area contributed by atoms with Crippen LogP contribution in [0.2, 0.25) is 0 Å². The summed E-state index contributed by atoms with van der Waals surface area (Å²) in [7, 11) is 0. The van der Waals surface area contributed by atoms with Gasteiger partial charge in [-0.15, -0.1) is 0 Å². The molecule has 2 amide bonds. The maximum Gasteiger partial charge on any atom is 0.321 e. The lowest BCUT2D eigenvalue weighted by Crippen LogP contribution is -2.38. The molecule has 1 aromatic heterocycles. The molecule has 1 saturated carbocycles. The molecule has 2 atom stereocenters. The van der Waals surface area contributed by atoms with Gasteiger partial charge in [0.25, 0.3) is 0 Å². The van der Waals surface area contributed by atoms with Crippen LogP contribution in [0.15, 0.2) is 42.7 Å². The van der Waals surface area contributed by atoms with Crippen LogP contribution in [0.1, 0.15) is 19.3 Å². The smallest absolute Gasteiger partial charge is 0.321 e. The molecule has 1 aliphatic carbocycles. The van der Waals surface area contributed by atoms with Crippen LogP contribution < -0.4 is 5.32 Å². The van der Waals surface area contributed by atoms with Gasteiger partial charge in [0.15, 0.2) is 0 Å². The van der Waals surface area contributed by atoms with Crippen molar-refractivity contribution in [3.05, 3.63) is 42.7 Å². The Balaban J connectivity index is 1.43. The molecule has 4 rings (SSSR count). The van der Waals surface area contributed by atoms with Crippen molar-refractivity contribution < 1.29 is 14.7 Å². The number of aliphatic carboxylic acids is 1. The van der Waals surface area contributed by atoms with Crippen LogP contribution in [0.5, 0.6) is 0 Å². The van der Waals surface area contributed by atoms with Gasteiger partial charge >= 0.3 is 12.0 Å². The minimum Gasteiger partial charge on any atom is -0.481 e. The lowest BCUT2D eigenvalue weighted by molar-refractivity contribution is -0.149. The van der Waals surface area contributed by atoms with Crippen molar-refractivity contribution in [2.75, 3.05) is 18.4 Å². The van der Waals surface area contributed by atoms with E-state index in [-0.39, 0.29) is 11.9 Å². The Labute approximate surface area is 145 Å². The number of amides is 2. The number of benzene rings is 1. The number of carbonyl (C=O) groups excluding carboxylic acids is 1. The highest BCUT2D eigenvalue weighted by Crippen LogP contribution is 2.48. The fourth-order valence-corrected chi connectivity index (χ4v) is 4.12. The lowest BCUT2D eigenvalue weighted by Gasteiger charge is -2.23. The fraction of sp³-hybridized carbons (Fsp3) is 0.389. The van der Waals surface area contributed by atoms with E-state index in [2.05, 4.69) is 10.4 Å². The van der Waals surface area contributed by atoms with Crippen LogP contribution in [-0.4, -0.2) is 44.9 Å². The molecule has 25 heavy (non-hydrogen) atoms. The minimum atomic E-state index is -0.770. The highest BCUT2D eigenvalue weighted by Gasteiger charge is 2.55. The topological polar surface area (TPSA) is 87.5 Å². The van der Waals surface area contributed by atoms with Crippen LogP contribution in [0.25, 0.3) is 5.69 Å². The third-order valence-electron chi connectivity index (χ3n) is 5.47. The van der Waals surface area contributed by atoms with Crippen molar-refractivity contribution in [3.8, 4) is 5.69 Å². The van der Waals surface area contributed by atoms with Crippen LogP contribution in [0.3, 0.4) is 0 Å². The number of fused-ring (bicyclic) bond motifs is 1. The van der Waals surface area contributed by atoms with E-state index in [1.54, 1.807) is 15.8 Å². The fourth-order valence-electron chi connectivity index (χ4n) is 4.12. The molecule has 0 radical (unpaired) electrons. The SMILES string of the molecule is O=C(Nc1ccc(-n2cccn2)cc1)N1C[C@@H]2CCC[C@@]2(C(=O)O)C1. The number of hydrogen-bond donors (Lipinski definition) is 2. The van der Waals surface area contributed by atoms with Gasteiger partial charge in [-0.05, 0) is 49.1 Å². The molecule has 7 nitrogen and oxygen atoms in total. The summed E-state index contributed by atoms with van der Waals surface area (Å²) in [5, 5.41) is 16.6. The van der Waals surface area contributed by atoms with Crippen molar-refractivity contribution >= 4 is 17.7 Å². The number of urea groups is 1. The monoisotopic (exact) mass is 340 g/mol. The number of nitrogens with one attached hydrogen (secondary N) is 1. The van der Waals surface area contributed by atoms with Gasteiger partial charge in [-0.2, -0.15) is 5.10 Å². The van der Waals surface area contributed by atoms with E-state index in [1.807, 2.05) is 36.5 Å². The summed E-state index contributed by atoms with van der Waals surface area (Å²) in [6.07, 6.45) is 6.03. The molecule has 1 aliphatic heterocycles. The Kier molecular flexibility index (Phi) is 3.71. The first-order valence-electron chi connectivity index (χ1n) is 8.48. The van der Waals surface area contributed by atoms with Crippen LogP contribution in [-0.2, 0) is 4.79 Å². The van der Waals surface area contributed by atoms with E-state index in [1.165, 1.54) is 0 Å². The zero-order valence-corrected chi connectivity index (χ0v) is 13.8. The number of likely N-dealkylation sites (tertiary alicyclic amines) is 1. The number of hydrogen-bond acceptors (Lipinski definition) is 3. The molecule has 7 heteroatoms. The molecule has 0 unspecified atom stereocenters. The molecular weight excluding hydrogens is 320 g/mol. The maximum atomic E-state index is 12.5. The van der Waals surface area contributed by atoms with E-state index in [9.17, 15) is 14.7 Å². The predicted molar refractivity (Wildman–Crippen MR) is 91.6 cm³/mol. The molecular formula is C18H20N4O3. The Bertz CT molecular complexity index is 787. The Hall–Kier alpha value is -2.83. The van der Waals surface area contributed by atoms with Gasteiger partial charge in [-0.3, -0.25) is 4.79 Å². The molecule has 2 aliphatic rings. The van der Waals surface area contributed by atoms with E-state index in [4.69, 9.17) is 0 Å². The second kappa shape index (κ2) is 5.91. The number of anilines is 1. The zero-order valence-electron chi connectivity index (χ0n) is 13.8. The second-order valence-electron chi connectivity index (χ2n) is 6.86. The molecule has 0 bridgehead atoms. The van der Waals surface area contributed by atoms with E-state index >= 15 is 0 Å². The van der Waals surface area contributed by atoms with Crippen LogP contribution >= 0.6 is 0 Å². The minimum absolute atomic E-state index is 0.0675. The molecule has 2 aromatic rings. The Morgan fingerprint density at radius 3 is 2.72 bits per heavy atom. The number of nitrogens with zero attached hydrogens (tertiary/aromatic N) is 3. The average molecular weight is 340 g/mol. The summed E-state index contributed by atoms with van der Waals surface area (Å²) in [6, 6.07) is 9.00. The third-order valence-corrected chi connectivity index (χ3v) is 5.47. The third kappa shape index (κ3) is 2.65. The normalized spacial score (nSPS) is 25.0. The van der Waals surface area contributed by atoms with Crippen LogP contribution in [0, 0.1) is 11.3 Å². The molecule has 130 valence electrons. The van der Waals surface area contributed by atoms with Gasteiger partial charge in [0, 0.05) is 31.2 Å². The first kappa shape index (κ1) is 15.7. The summed E-state index contributed by atoms with van der Waals surface area (Å²) in [5.41, 5.74) is 0.840. The van der Waals surface area contributed by atoms with Crippen molar-refractivity contribution in [1.29, 1.82) is 0 Å². The highest BCUT2D eigenvalue weighted by atomic mass is 16.4. The van der Waals surface area contributed by atoms with E-state index < -0.39 is 11.4 Å². The standard InChI is InChI=1S/C18H20N4O3/c23-16(24)18-8-1-3-13(18)11-21(12-18)17(25)20-14-4-6-15(7-5-14)22-10-2-9-19-22/h2,4-7,9-10,13H,1,3,8,11-12H2,(H,20,25)(H,23,24)/t13-,18+/m0/s1. The second-order valence-corrected chi connectivity index (χ2v) is 6.86. The van der Waals surface area contributed by atoms with E-state index in [0.29, 0.717) is 25.2 Å². The molecule has 2 N–H and O–H groups in total. The van der Waals surface area contributed by atoms with Gasteiger partial charge in [0.2, 0.25) is 0 Å².